The molecule has 0 aliphatic carbocycles. The van der Waals surface area contributed by atoms with Crippen LogP contribution in [0.4, 0.5) is 0 Å². The summed E-state index contributed by atoms with van der Waals surface area (Å²) in [6.07, 6.45) is 5.63. The van der Waals surface area contributed by atoms with E-state index in [1.165, 1.54) is 12.8 Å². The molecular weight excluding hydrogens is 254 g/mol. The molecule has 0 aromatic heterocycles. The molecular formula is C15H27N3O2. The van der Waals surface area contributed by atoms with Gasteiger partial charge in [-0.2, -0.15) is 0 Å². The molecule has 2 aliphatic heterocycles. The lowest BCUT2D eigenvalue weighted by molar-refractivity contribution is -0.137. The van der Waals surface area contributed by atoms with Crippen LogP contribution in [0.2, 0.25) is 0 Å². The Morgan fingerprint density at radius 1 is 1.20 bits per heavy atom. The Kier molecular flexibility index (Phi) is 5.40. The molecule has 0 saturated carbocycles. The zero-order valence-electron chi connectivity index (χ0n) is 12.4. The van der Waals surface area contributed by atoms with Crippen LogP contribution in [0.15, 0.2) is 0 Å². The molecule has 0 spiro atoms. The number of nitrogens with two attached hydrogens (primary N) is 1. The average Bonchev–Trinajstić information content (AvgIpc) is 2.46. The molecule has 0 bridgehead atoms. The molecule has 20 heavy (non-hydrogen) atoms. The fourth-order valence-corrected chi connectivity index (χ4v) is 3.33. The summed E-state index contributed by atoms with van der Waals surface area (Å²) in [6, 6.07) is 0.242. The van der Waals surface area contributed by atoms with Gasteiger partial charge in [0, 0.05) is 19.0 Å². The maximum absolute atomic E-state index is 12.4. The first-order chi connectivity index (χ1) is 9.58. The van der Waals surface area contributed by atoms with Gasteiger partial charge < -0.3 is 16.0 Å². The monoisotopic (exact) mass is 281 g/mol. The van der Waals surface area contributed by atoms with Crippen molar-refractivity contribution in [3.05, 3.63) is 0 Å². The molecule has 114 valence electrons. The van der Waals surface area contributed by atoms with Crippen molar-refractivity contribution < 1.29 is 9.59 Å². The Hall–Kier alpha value is -1.10. The molecule has 2 rings (SSSR count). The van der Waals surface area contributed by atoms with Crippen molar-refractivity contribution in [2.45, 2.75) is 51.5 Å². The second-order valence-corrected chi connectivity index (χ2v) is 6.30. The standard InChI is InChI=1S/C15H27N3O2/c1-11-2-4-13(15(16)20)10-18(11)14(19)5-3-12-6-8-17-9-7-12/h11-13,17H,2-10H2,1H3,(H2,16,20). The predicted molar refractivity (Wildman–Crippen MR) is 77.9 cm³/mol. The van der Waals surface area contributed by atoms with Gasteiger partial charge >= 0.3 is 0 Å². The zero-order valence-corrected chi connectivity index (χ0v) is 12.4. The quantitative estimate of drug-likeness (QED) is 0.803. The van der Waals surface area contributed by atoms with Crippen LogP contribution in [-0.2, 0) is 9.59 Å². The molecule has 2 aliphatic rings. The van der Waals surface area contributed by atoms with Gasteiger partial charge in [-0.15, -0.1) is 0 Å². The number of piperidine rings is 2. The summed E-state index contributed by atoms with van der Waals surface area (Å²) in [4.78, 5) is 25.6. The maximum Gasteiger partial charge on any atom is 0.222 e. The summed E-state index contributed by atoms with van der Waals surface area (Å²) in [5.74, 6) is 0.441. The number of nitrogens with one attached hydrogen (secondary N) is 1. The van der Waals surface area contributed by atoms with Crippen LogP contribution in [0, 0.1) is 11.8 Å². The molecule has 5 heteroatoms. The summed E-state index contributed by atoms with van der Waals surface area (Å²) in [5.41, 5.74) is 5.38. The topological polar surface area (TPSA) is 75.4 Å². The molecule has 0 aromatic carbocycles. The molecule has 2 amide bonds. The Balaban J connectivity index is 1.81. The molecule has 2 atom stereocenters. The third kappa shape index (κ3) is 3.95. The molecule has 0 radical (unpaired) electrons. The second kappa shape index (κ2) is 7.07. The SMILES string of the molecule is CC1CCC(C(N)=O)CN1C(=O)CCC1CCNCC1. The van der Waals surface area contributed by atoms with Crippen LogP contribution in [-0.4, -0.2) is 42.4 Å². The Labute approximate surface area is 121 Å². The van der Waals surface area contributed by atoms with E-state index in [-0.39, 0.29) is 23.8 Å². The predicted octanol–water partition coefficient (Wildman–Crippen LogP) is 0.879. The van der Waals surface area contributed by atoms with Gasteiger partial charge in [0.25, 0.3) is 0 Å². The average molecular weight is 281 g/mol. The number of carbonyl (C=O) groups excluding carboxylic acids is 2. The first-order valence-electron chi connectivity index (χ1n) is 7.87. The molecule has 2 saturated heterocycles. The number of carbonyl (C=O) groups is 2. The molecule has 2 unspecified atom stereocenters. The summed E-state index contributed by atoms with van der Waals surface area (Å²) >= 11 is 0. The van der Waals surface area contributed by atoms with Crippen LogP contribution in [0.25, 0.3) is 0 Å². The minimum absolute atomic E-state index is 0.158. The third-order valence-electron chi connectivity index (χ3n) is 4.83. The molecule has 0 aromatic rings. The van der Waals surface area contributed by atoms with Crippen LogP contribution < -0.4 is 11.1 Å². The van der Waals surface area contributed by atoms with Crippen LogP contribution in [0.1, 0.15) is 45.4 Å². The van der Waals surface area contributed by atoms with Crippen molar-refractivity contribution in [3.63, 3.8) is 0 Å². The molecule has 2 heterocycles. The lowest BCUT2D eigenvalue weighted by Gasteiger charge is -2.37. The van der Waals surface area contributed by atoms with E-state index >= 15 is 0 Å². The van der Waals surface area contributed by atoms with Crippen LogP contribution in [0.3, 0.4) is 0 Å². The first-order valence-corrected chi connectivity index (χ1v) is 7.87. The largest absolute Gasteiger partial charge is 0.369 e. The Morgan fingerprint density at radius 3 is 2.55 bits per heavy atom. The van der Waals surface area contributed by atoms with Crippen molar-refractivity contribution in [1.29, 1.82) is 0 Å². The van der Waals surface area contributed by atoms with E-state index in [1.54, 1.807) is 0 Å². The van der Waals surface area contributed by atoms with Gasteiger partial charge in [-0.1, -0.05) is 0 Å². The third-order valence-corrected chi connectivity index (χ3v) is 4.83. The summed E-state index contributed by atoms with van der Waals surface area (Å²) in [6.45, 7) is 4.73. The van der Waals surface area contributed by atoms with E-state index in [9.17, 15) is 9.59 Å². The van der Waals surface area contributed by atoms with Gasteiger partial charge in [-0.25, -0.2) is 0 Å². The molecule has 2 fully saturated rings. The Morgan fingerprint density at radius 2 is 1.90 bits per heavy atom. The number of rotatable bonds is 4. The van der Waals surface area contributed by atoms with Crippen molar-refractivity contribution in [2.24, 2.45) is 17.6 Å². The van der Waals surface area contributed by atoms with E-state index < -0.39 is 0 Å². The number of primary amides is 1. The van der Waals surface area contributed by atoms with E-state index in [2.05, 4.69) is 12.2 Å². The lowest BCUT2D eigenvalue weighted by Crippen LogP contribution is -2.48. The van der Waals surface area contributed by atoms with E-state index in [4.69, 9.17) is 5.73 Å². The van der Waals surface area contributed by atoms with Gasteiger partial charge in [0.2, 0.25) is 11.8 Å². The Bertz CT molecular complexity index is 353. The fourth-order valence-electron chi connectivity index (χ4n) is 3.33. The first kappa shape index (κ1) is 15.3. The normalized spacial score (nSPS) is 28.4. The van der Waals surface area contributed by atoms with Gasteiger partial charge in [0.15, 0.2) is 0 Å². The smallest absolute Gasteiger partial charge is 0.222 e. The van der Waals surface area contributed by atoms with E-state index in [0.717, 1.165) is 32.4 Å². The summed E-state index contributed by atoms with van der Waals surface area (Å²) in [7, 11) is 0. The molecule has 5 nitrogen and oxygen atoms in total. The van der Waals surface area contributed by atoms with Gasteiger partial charge in [0.05, 0.1) is 5.92 Å². The van der Waals surface area contributed by atoms with Crippen molar-refractivity contribution in [1.82, 2.24) is 10.2 Å². The van der Waals surface area contributed by atoms with Crippen LogP contribution in [0.5, 0.6) is 0 Å². The minimum Gasteiger partial charge on any atom is -0.369 e. The summed E-state index contributed by atoms with van der Waals surface area (Å²) in [5, 5.41) is 3.34. The van der Waals surface area contributed by atoms with Gasteiger partial charge in [-0.05, 0) is 58.0 Å². The highest BCUT2D eigenvalue weighted by Gasteiger charge is 2.31. The number of hydrogen-bond acceptors (Lipinski definition) is 3. The fraction of sp³-hybridized carbons (Fsp3) is 0.867. The number of amides is 2. The lowest BCUT2D eigenvalue weighted by atomic mass is 9.90. The minimum atomic E-state index is -0.270. The van der Waals surface area contributed by atoms with Crippen molar-refractivity contribution >= 4 is 11.8 Å². The highest BCUT2D eigenvalue weighted by atomic mass is 16.2. The van der Waals surface area contributed by atoms with Crippen molar-refractivity contribution in [3.8, 4) is 0 Å². The number of likely N-dealkylation sites (tertiary alicyclic amines) is 1. The number of nitrogens with zero attached hydrogens (tertiary/aromatic N) is 1. The summed E-state index contributed by atoms with van der Waals surface area (Å²) < 4.78 is 0. The van der Waals surface area contributed by atoms with E-state index in [1.807, 2.05) is 4.90 Å². The molecule has 3 N–H and O–H groups in total. The van der Waals surface area contributed by atoms with Gasteiger partial charge in [-0.3, -0.25) is 9.59 Å². The number of hydrogen-bond donors (Lipinski definition) is 2. The highest BCUT2D eigenvalue weighted by molar-refractivity contribution is 5.80. The van der Waals surface area contributed by atoms with E-state index in [0.29, 0.717) is 18.9 Å². The zero-order chi connectivity index (χ0) is 14.5. The highest BCUT2D eigenvalue weighted by Crippen LogP contribution is 2.24. The maximum atomic E-state index is 12.4. The second-order valence-electron chi connectivity index (χ2n) is 6.30. The van der Waals surface area contributed by atoms with Gasteiger partial charge in [0.1, 0.15) is 0 Å². The van der Waals surface area contributed by atoms with Crippen molar-refractivity contribution in [2.75, 3.05) is 19.6 Å². The van der Waals surface area contributed by atoms with Crippen LogP contribution >= 0.6 is 0 Å².